The molecule has 0 aromatic carbocycles. The van der Waals surface area contributed by atoms with Crippen LogP contribution >= 0.6 is 11.6 Å². The average Bonchev–Trinajstić information content (AvgIpc) is 2.63. The van der Waals surface area contributed by atoms with E-state index in [1.54, 1.807) is 0 Å². The molecule has 1 N–H and O–H groups in total. The molecular formula is C12H17ClN2. The molecule has 1 aliphatic carbocycles. The summed E-state index contributed by atoms with van der Waals surface area (Å²) < 4.78 is 0. The van der Waals surface area contributed by atoms with Gasteiger partial charge in [-0.15, -0.1) is 11.6 Å². The Balaban J connectivity index is 1.86. The average molecular weight is 225 g/mol. The number of nitrogens with one attached hydrogen (secondary N) is 1. The van der Waals surface area contributed by atoms with Crippen LogP contribution < -0.4 is 5.32 Å². The summed E-state index contributed by atoms with van der Waals surface area (Å²) in [7, 11) is 0. The van der Waals surface area contributed by atoms with Gasteiger partial charge in [0.05, 0.1) is 0 Å². The van der Waals surface area contributed by atoms with E-state index < -0.39 is 0 Å². The van der Waals surface area contributed by atoms with Crippen molar-refractivity contribution in [2.75, 3.05) is 11.9 Å². The molecule has 0 amide bonds. The number of aromatic nitrogens is 1. The van der Waals surface area contributed by atoms with Crippen LogP contribution in [0.3, 0.4) is 0 Å². The quantitative estimate of drug-likeness (QED) is 0.798. The van der Waals surface area contributed by atoms with Crippen molar-refractivity contribution in [3.05, 3.63) is 24.0 Å². The van der Waals surface area contributed by atoms with Crippen molar-refractivity contribution in [2.24, 2.45) is 5.92 Å². The summed E-state index contributed by atoms with van der Waals surface area (Å²) in [6, 6.07) is 2.03. The summed E-state index contributed by atoms with van der Waals surface area (Å²) >= 11 is 6.08. The van der Waals surface area contributed by atoms with Crippen LogP contribution in [0, 0.1) is 12.8 Å². The lowest BCUT2D eigenvalue weighted by Gasteiger charge is -2.13. The molecule has 1 aliphatic rings. The molecule has 0 aliphatic heterocycles. The van der Waals surface area contributed by atoms with Crippen LogP contribution in [0.2, 0.25) is 0 Å². The molecule has 15 heavy (non-hydrogen) atoms. The first-order chi connectivity index (χ1) is 7.25. The minimum absolute atomic E-state index is 0.398. The van der Waals surface area contributed by atoms with Crippen molar-refractivity contribution in [2.45, 2.75) is 31.6 Å². The second-order valence-electron chi connectivity index (χ2n) is 4.35. The topological polar surface area (TPSA) is 24.9 Å². The van der Waals surface area contributed by atoms with E-state index >= 15 is 0 Å². The van der Waals surface area contributed by atoms with E-state index in [0.717, 1.165) is 18.9 Å². The minimum Gasteiger partial charge on any atom is -0.384 e. The molecule has 1 aromatic heterocycles. The normalized spacial score (nSPS) is 25.5. The van der Waals surface area contributed by atoms with Crippen molar-refractivity contribution in [1.82, 2.24) is 4.98 Å². The van der Waals surface area contributed by atoms with Gasteiger partial charge in [0.25, 0.3) is 0 Å². The SMILES string of the molecule is Cc1cnccc1NCC1CCC(Cl)C1. The number of aryl methyl sites for hydroxylation is 1. The number of hydrogen-bond donors (Lipinski definition) is 1. The van der Waals surface area contributed by atoms with Crippen LogP contribution in [0.5, 0.6) is 0 Å². The number of nitrogens with zero attached hydrogens (tertiary/aromatic N) is 1. The third-order valence-electron chi connectivity index (χ3n) is 3.08. The van der Waals surface area contributed by atoms with Gasteiger partial charge in [0.2, 0.25) is 0 Å². The summed E-state index contributed by atoms with van der Waals surface area (Å²) in [6.07, 6.45) is 7.29. The number of halogens is 1. The smallest absolute Gasteiger partial charge is 0.0400 e. The van der Waals surface area contributed by atoms with E-state index in [2.05, 4.69) is 17.2 Å². The van der Waals surface area contributed by atoms with Crippen molar-refractivity contribution >= 4 is 17.3 Å². The molecule has 2 atom stereocenters. The molecule has 0 bridgehead atoms. The Bertz CT molecular complexity index is 327. The summed E-state index contributed by atoms with van der Waals surface area (Å²) in [5.41, 5.74) is 2.40. The van der Waals surface area contributed by atoms with Gasteiger partial charge in [-0.05, 0) is 43.7 Å². The molecule has 82 valence electrons. The van der Waals surface area contributed by atoms with Gasteiger partial charge in [0.15, 0.2) is 0 Å². The third-order valence-corrected chi connectivity index (χ3v) is 3.48. The monoisotopic (exact) mass is 224 g/mol. The lowest BCUT2D eigenvalue weighted by Crippen LogP contribution is -2.12. The molecule has 1 fully saturated rings. The van der Waals surface area contributed by atoms with Crippen molar-refractivity contribution in [1.29, 1.82) is 0 Å². The summed E-state index contributed by atoms with van der Waals surface area (Å²) in [4.78, 5) is 4.08. The second kappa shape index (κ2) is 4.84. The molecule has 2 nitrogen and oxygen atoms in total. The fourth-order valence-corrected chi connectivity index (χ4v) is 2.50. The van der Waals surface area contributed by atoms with E-state index in [1.807, 2.05) is 18.5 Å². The van der Waals surface area contributed by atoms with Crippen LogP contribution in [-0.4, -0.2) is 16.9 Å². The van der Waals surface area contributed by atoms with E-state index in [-0.39, 0.29) is 0 Å². The van der Waals surface area contributed by atoms with Gasteiger partial charge in [0.1, 0.15) is 0 Å². The van der Waals surface area contributed by atoms with Crippen LogP contribution in [-0.2, 0) is 0 Å². The molecule has 1 heterocycles. The van der Waals surface area contributed by atoms with Crippen LogP contribution in [0.1, 0.15) is 24.8 Å². The van der Waals surface area contributed by atoms with Gasteiger partial charge in [-0.25, -0.2) is 0 Å². The van der Waals surface area contributed by atoms with Gasteiger partial charge >= 0.3 is 0 Å². The van der Waals surface area contributed by atoms with Crippen molar-refractivity contribution in [3.8, 4) is 0 Å². The van der Waals surface area contributed by atoms with Gasteiger partial charge < -0.3 is 5.32 Å². The van der Waals surface area contributed by atoms with Crippen LogP contribution in [0.4, 0.5) is 5.69 Å². The zero-order valence-electron chi connectivity index (χ0n) is 9.04. The summed E-state index contributed by atoms with van der Waals surface area (Å²) in [6.45, 7) is 3.11. The number of hydrogen-bond acceptors (Lipinski definition) is 2. The molecule has 1 saturated carbocycles. The largest absolute Gasteiger partial charge is 0.384 e. The van der Waals surface area contributed by atoms with Gasteiger partial charge in [-0.1, -0.05) is 0 Å². The van der Waals surface area contributed by atoms with Crippen LogP contribution in [0.25, 0.3) is 0 Å². The molecule has 1 aromatic rings. The van der Waals surface area contributed by atoms with Crippen molar-refractivity contribution in [3.63, 3.8) is 0 Å². The molecule has 0 saturated heterocycles. The summed E-state index contributed by atoms with van der Waals surface area (Å²) in [5.74, 6) is 0.736. The van der Waals surface area contributed by atoms with Crippen LogP contribution in [0.15, 0.2) is 18.5 Å². The third kappa shape index (κ3) is 2.85. The highest BCUT2D eigenvalue weighted by atomic mass is 35.5. The maximum atomic E-state index is 6.08. The second-order valence-corrected chi connectivity index (χ2v) is 4.97. The molecule has 0 spiro atoms. The fraction of sp³-hybridized carbons (Fsp3) is 0.583. The highest BCUT2D eigenvalue weighted by molar-refractivity contribution is 6.20. The van der Waals surface area contributed by atoms with Gasteiger partial charge in [0, 0.05) is 30.0 Å². The zero-order chi connectivity index (χ0) is 10.7. The molecule has 3 heteroatoms. The molecule has 2 unspecified atom stereocenters. The van der Waals surface area contributed by atoms with E-state index in [1.165, 1.54) is 24.1 Å². The molecule has 2 rings (SSSR count). The standard InChI is InChI=1S/C12H17ClN2/c1-9-7-14-5-4-12(9)15-8-10-2-3-11(13)6-10/h4-5,7,10-11H,2-3,6,8H2,1H3,(H,14,15). The number of rotatable bonds is 3. The Morgan fingerprint density at radius 2 is 2.40 bits per heavy atom. The van der Waals surface area contributed by atoms with Gasteiger partial charge in [-0.3, -0.25) is 4.98 Å². The first-order valence-electron chi connectivity index (χ1n) is 5.54. The Labute approximate surface area is 96.1 Å². The Morgan fingerprint density at radius 3 is 3.07 bits per heavy atom. The minimum atomic E-state index is 0.398. The van der Waals surface area contributed by atoms with E-state index in [0.29, 0.717) is 5.38 Å². The zero-order valence-corrected chi connectivity index (χ0v) is 9.80. The maximum Gasteiger partial charge on any atom is 0.0400 e. The number of alkyl halides is 1. The lowest BCUT2D eigenvalue weighted by atomic mass is 10.1. The van der Waals surface area contributed by atoms with E-state index in [4.69, 9.17) is 11.6 Å². The molecular weight excluding hydrogens is 208 g/mol. The van der Waals surface area contributed by atoms with E-state index in [9.17, 15) is 0 Å². The first-order valence-corrected chi connectivity index (χ1v) is 5.98. The number of anilines is 1. The Kier molecular flexibility index (Phi) is 3.47. The predicted molar refractivity (Wildman–Crippen MR) is 64.4 cm³/mol. The van der Waals surface area contributed by atoms with Gasteiger partial charge in [-0.2, -0.15) is 0 Å². The number of pyridine rings is 1. The Hall–Kier alpha value is -0.760. The predicted octanol–water partition coefficient (Wildman–Crippen LogP) is 3.21. The first kappa shape index (κ1) is 10.7. The summed E-state index contributed by atoms with van der Waals surface area (Å²) in [5, 5.41) is 3.88. The Morgan fingerprint density at radius 1 is 1.53 bits per heavy atom. The lowest BCUT2D eigenvalue weighted by molar-refractivity contribution is 0.580. The molecule has 0 radical (unpaired) electrons. The highest BCUT2D eigenvalue weighted by Crippen LogP contribution is 2.29. The fourth-order valence-electron chi connectivity index (χ4n) is 2.13. The van der Waals surface area contributed by atoms with Crippen molar-refractivity contribution < 1.29 is 0 Å². The maximum absolute atomic E-state index is 6.08. The highest BCUT2D eigenvalue weighted by Gasteiger charge is 2.22.